The predicted octanol–water partition coefficient (Wildman–Crippen LogP) is 2.86. The first-order chi connectivity index (χ1) is 11.6. The molecule has 0 spiro atoms. The molecule has 0 aliphatic rings. The van der Waals surface area contributed by atoms with E-state index < -0.39 is 20.9 Å². The van der Waals surface area contributed by atoms with Crippen molar-refractivity contribution in [3.05, 3.63) is 62.6 Å². The average molecular weight is 428 g/mol. The first kappa shape index (κ1) is 19.0. The number of nitrogens with zero attached hydrogens (tertiary/aromatic N) is 2. The molecule has 2 rings (SSSR count). The van der Waals surface area contributed by atoms with E-state index in [1.54, 1.807) is 0 Å². The first-order valence-corrected chi connectivity index (χ1v) is 9.14. The summed E-state index contributed by atoms with van der Waals surface area (Å²) in [6.07, 6.45) is 0. The number of carbonyl (C=O) groups is 1. The third-order valence-corrected chi connectivity index (χ3v) is 5.80. The zero-order valence-corrected chi connectivity index (χ0v) is 15.7. The van der Waals surface area contributed by atoms with E-state index in [4.69, 9.17) is 0 Å². The number of amides is 1. The van der Waals surface area contributed by atoms with Crippen LogP contribution in [0.2, 0.25) is 0 Å². The highest BCUT2D eigenvalue weighted by Crippen LogP contribution is 2.26. The molecule has 0 heterocycles. The van der Waals surface area contributed by atoms with Gasteiger partial charge in [0.15, 0.2) is 0 Å². The molecule has 0 radical (unpaired) electrons. The van der Waals surface area contributed by atoms with Gasteiger partial charge >= 0.3 is 0 Å². The fourth-order valence-corrected chi connectivity index (χ4v) is 3.21. The van der Waals surface area contributed by atoms with E-state index in [1.807, 2.05) is 0 Å². The van der Waals surface area contributed by atoms with Crippen molar-refractivity contribution in [1.29, 1.82) is 0 Å². The van der Waals surface area contributed by atoms with Crippen LogP contribution in [0.15, 0.2) is 51.8 Å². The third kappa shape index (κ3) is 4.21. The summed E-state index contributed by atoms with van der Waals surface area (Å²) in [4.78, 5) is 22.6. The minimum Gasteiger partial charge on any atom is -0.322 e. The van der Waals surface area contributed by atoms with E-state index in [1.165, 1.54) is 50.5 Å². The van der Waals surface area contributed by atoms with Crippen LogP contribution in [0.1, 0.15) is 10.4 Å². The van der Waals surface area contributed by atoms with Crippen LogP contribution in [0.4, 0.5) is 11.4 Å². The van der Waals surface area contributed by atoms with Gasteiger partial charge in [-0.2, -0.15) is 0 Å². The zero-order valence-electron chi connectivity index (χ0n) is 13.3. The van der Waals surface area contributed by atoms with Crippen LogP contribution in [0.25, 0.3) is 0 Å². The normalized spacial score (nSPS) is 11.4. The number of rotatable bonds is 5. The molecule has 0 saturated carbocycles. The highest BCUT2D eigenvalue weighted by atomic mass is 79.9. The summed E-state index contributed by atoms with van der Waals surface area (Å²) < 4.78 is 25.3. The smallest absolute Gasteiger partial charge is 0.284 e. The molecule has 0 fully saturated rings. The number of nitrogens with one attached hydrogen (secondary N) is 1. The molecule has 0 bridgehead atoms. The molecule has 1 amide bonds. The molecule has 0 aromatic heterocycles. The quantitative estimate of drug-likeness (QED) is 0.582. The van der Waals surface area contributed by atoms with Gasteiger partial charge in [-0.1, -0.05) is 0 Å². The van der Waals surface area contributed by atoms with Crippen LogP contribution >= 0.6 is 15.9 Å². The van der Waals surface area contributed by atoms with Gasteiger partial charge in [0.25, 0.3) is 11.6 Å². The molecule has 8 nitrogen and oxygen atoms in total. The van der Waals surface area contributed by atoms with Crippen LogP contribution in [0.5, 0.6) is 0 Å². The fraction of sp³-hybridized carbons (Fsp3) is 0.133. The van der Waals surface area contributed by atoms with E-state index in [0.717, 1.165) is 10.4 Å². The highest BCUT2D eigenvalue weighted by Gasteiger charge is 2.18. The van der Waals surface area contributed by atoms with Crippen molar-refractivity contribution in [3.63, 3.8) is 0 Å². The number of benzene rings is 2. The maximum atomic E-state index is 12.2. The van der Waals surface area contributed by atoms with Gasteiger partial charge in [-0.25, -0.2) is 12.7 Å². The Morgan fingerprint density at radius 1 is 1.16 bits per heavy atom. The number of nitro groups is 1. The lowest BCUT2D eigenvalue weighted by Crippen LogP contribution is -2.22. The fourth-order valence-electron chi connectivity index (χ4n) is 1.92. The lowest BCUT2D eigenvalue weighted by molar-refractivity contribution is -0.385. The molecule has 2 aromatic rings. The van der Waals surface area contributed by atoms with Crippen LogP contribution in [0.3, 0.4) is 0 Å². The predicted molar refractivity (Wildman–Crippen MR) is 96.1 cm³/mol. The number of hydrogen-bond donors (Lipinski definition) is 1. The lowest BCUT2D eigenvalue weighted by Gasteiger charge is -2.12. The summed E-state index contributed by atoms with van der Waals surface area (Å²) in [5.41, 5.74) is 0.258. The highest BCUT2D eigenvalue weighted by molar-refractivity contribution is 9.10. The summed E-state index contributed by atoms with van der Waals surface area (Å²) in [6.45, 7) is 0. The first-order valence-electron chi connectivity index (χ1n) is 6.91. The van der Waals surface area contributed by atoms with E-state index >= 15 is 0 Å². The van der Waals surface area contributed by atoms with Gasteiger partial charge in [0.1, 0.15) is 0 Å². The maximum absolute atomic E-state index is 12.2. The van der Waals surface area contributed by atoms with E-state index in [9.17, 15) is 23.3 Å². The SMILES string of the molecule is CN(C)S(=O)(=O)c1ccc(NC(=O)c2ccc(Br)c([N+](=O)[O-])c2)cc1. The molecular formula is C15H14BrN3O5S. The molecule has 132 valence electrons. The summed E-state index contributed by atoms with van der Waals surface area (Å²) in [7, 11) is -0.710. The Labute approximate surface area is 152 Å². The number of sulfonamides is 1. The molecule has 1 N–H and O–H groups in total. The second-order valence-corrected chi connectivity index (χ2v) is 8.20. The van der Waals surface area contributed by atoms with E-state index in [0.29, 0.717) is 5.69 Å². The Morgan fingerprint density at radius 3 is 2.28 bits per heavy atom. The molecule has 10 heteroatoms. The number of carbonyl (C=O) groups excluding carboxylic acids is 1. The summed E-state index contributed by atoms with van der Waals surface area (Å²) in [5.74, 6) is -0.543. The molecule has 25 heavy (non-hydrogen) atoms. The van der Waals surface area contributed by atoms with Gasteiger partial charge < -0.3 is 5.32 Å². The van der Waals surface area contributed by atoms with Gasteiger partial charge in [-0.05, 0) is 52.3 Å². The summed E-state index contributed by atoms with van der Waals surface area (Å²) in [5, 5.41) is 13.5. The Hall–Kier alpha value is -2.30. The minimum atomic E-state index is -3.55. The van der Waals surface area contributed by atoms with Crippen molar-refractivity contribution in [2.75, 3.05) is 19.4 Å². The molecule has 0 saturated heterocycles. The lowest BCUT2D eigenvalue weighted by atomic mass is 10.2. The number of anilines is 1. The standard InChI is InChI=1S/C15H14BrN3O5S/c1-18(2)25(23,24)12-6-4-11(5-7-12)17-15(20)10-3-8-13(16)14(9-10)19(21)22/h3-9H,1-2H3,(H,17,20). The van der Waals surface area contributed by atoms with E-state index in [-0.39, 0.29) is 20.6 Å². The van der Waals surface area contributed by atoms with Gasteiger partial charge in [0.05, 0.1) is 14.3 Å². The number of halogens is 1. The van der Waals surface area contributed by atoms with E-state index in [2.05, 4.69) is 21.2 Å². The van der Waals surface area contributed by atoms with Crippen molar-refractivity contribution in [2.45, 2.75) is 4.90 Å². The maximum Gasteiger partial charge on any atom is 0.284 e. The van der Waals surface area contributed by atoms with Gasteiger partial charge in [-0.15, -0.1) is 0 Å². The van der Waals surface area contributed by atoms with Crippen molar-refractivity contribution in [3.8, 4) is 0 Å². The number of nitro benzene ring substituents is 1. The van der Waals surface area contributed by atoms with Crippen LogP contribution < -0.4 is 5.32 Å². The molecule has 0 aliphatic heterocycles. The van der Waals surface area contributed by atoms with Gasteiger partial charge in [-0.3, -0.25) is 14.9 Å². The molecule has 0 aliphatic carbocycles. The largest absolute Gasteiger partial charge is 0.322 e. The monoisotopic (exact) mass is 427 g/mol. The van der Waals surface area contributed by atoms with Crippen LogP contribution in [0, 0.1) is 10.1 Å². The molecule has 0 atom stereocenters. The second-order valence-electron chi connectivity index (χ2n) is 5.19. The topological polar surface area (TPSA) is 110 Å². The number of hydrogen-bond acceptors (Lipinski definition) is 5. The molecule has 2 aromatic carbocycles. The summed E-state index contributed by atoms with van der Waals surface area (Å²) in [6, 6.07) is 9.65. The van der Waals surface area contributed by atoms with Crippen LogP contribution in [-0.2, 0) is 10.0 Å². The average Bonchev–Trinajstić information content (AvgIpc) is 2.55. The van der Waals surface area contributed by atoms with Crippen molar-refractivity contribution < 1.29 is 18.1 Å². The van der Waals surface area contributed by atoms with Crippen molar-refractivity contribution in [2.24, 2.45) is 0 Å². The zero-order chi connectivity index (χ0) is 18.8. The van der Waals surface area contributed by atoms with Crippen molar-refractivity contribution >= 4 is 43.2 Å². The van der Waals surface area contributed by atoms with Gasteiger partial charge in [0, 0.05) is 31.4 Å². The Kier molecular flexibility index (Phi) is 5.55. The van der Waals surface area contributed by atoms with Gasteiger partial charge in [0.2, 0.25) is 10.0 Å². The third-order valence-electron chi connectivity index (χ3n) is 3.30. The van der Waals surface area contributed by atoms with Crippen LogP contribution in [-0.4, -0.2) is 37.6 Å². The minimum absolute atomic E-state index is 0.0924. The molecule has 0 unspecified atom stereocenters. The summed E-state index contributed by atoms with van der Waals surface area (Å²) >= 11 is 3.05. The Bertz CT molecular complexity index is 927. The van der Waals surface area contributed by atoms with Crippen molar-refractivity contribution in [1.82, 2.24) is 4.31 Å². The Morgan fingerprint density at radius 2 is 1.76 bits per heavy atom. The Balaban J connectivity index is 2.22. The molecular weight excluding hydrogens is 414 g/mol. The second kappa shape index (κ2) is 7.30.